The van der Waals surface area contributed by atoms with Crippen LogP contribution in [-0.4, -0.2) is 22.0 Å². The number of rotatable bonds is 4. The maximum atomic E-state index is 12.6. The molecule has 0 amide bonds. The molecule has 0 saturated carbocycles. The summed E-state index contributed by atoms with van der Waals surface area (Å²) in [6, 6.07) is 10.0. The molecule has 0 fully saturated rings. The molecule has 0 bridgehead atoms. The Morgan fingerprint density at radius 1 is 1.11 bits per heavy atom. The number of carbonyl (C=O) groups excluding carboxylic acids is 1. The van der Waals surface area contributed by atoms with Gasteiger partial charge in [-0.3, -0.25) is 0 Å². The third-order valence-electron chi connectivity index (χ3n) is 4.08. The molecule has 3 aromatic rings. The molecule has 2 heterocycles. The maximum Gasteiger partial charge on any atom is 0.342 e. The van der Waals surface area contributed by atoms with E-state index in [0.29, 0.717) is 16.9 Å². The molecule has 0 aliphatic heterocycles. The van der Waals surface area contributed by atoms with Gasteiger partial charge in [-0.15, -0.1) is 12.4 Å². The largest absolute Gasteiger partial charge is 0.459 e. The van der Waals surface area contributed by atoms with Gasteiger partial charge in [-0.25, -0.2) is 14.8 Å². The molecule has 2 aromatic heterocycles. The first kappa shape index (κ1) is 20.6. The van der Waals surface area contributed by atoms with Crippen LogP contribution >= 0.6 is 12.4 Å². The van der Waals surface area contributed by atoms with E-state index in [-0.39, 0.29) is 18.5 Å². The summed E-state index contributed by atoms with van der Waals surface area (Å²) in [5.41, 5.74) is 5.70. The number of benzene rings is 1. The van der Waals surface area contributed by atoms with Gasteiger partial charge in [-0.1, -0.05) is 12.1 Å². The zero-order valence-electron chi connectivity index (χ0n) is 16.2. The van der Waals surface area contributed by atoms with Gasteiger partial charge in [0.1, 0.15) is 5.56 Å². The van der Waals surface area contributed by atoms with Gasteiger partial charge in [0.25, 0.3) is 0 Å². The van der Waals surface area contributed by atoms with Crippen LogP contribution in [0.1, 0.15) is 41.0 Å². The lowest BCUT2D eigenvalue weighted by Crippen LogP contribution is -2.14. The topological polar surface area (TPSA) is 64.1 Å². The van der Waals surface area contributed by atoms with E-state index in [0.717, 1.165) is 27.9 Å². The number of pyridine rings is 2. The van der Waals surface area contributed by atoms with Gasteiger partial charge in [0.2, 0.25) is 0 Å². The first-order valence-corrected chi connectivity index (χ1v) is 8.67. The molecule has 5 nitrogen and oxygen atoms in total. The Kier molecular flexibility index (Phi) is 6.39. The number of hydrogen-bond donors (Lipinski definition) is 1. The highest BCUT2D eigenvalue weighted by Crippen LogP contribution is 2.31. The number of aryl methyl sites for hydroxylation is 3. The summed E-state index contributed by atoms with van der Waals surface area (Å²) in [5, 5.41) is 4.20. The molecule has 0 saturated heterocycles. The second kappa shape index (κ2) is 8.35. The van der Waals surface area contributed by atoms with E-state index in [4.69, 9.17) is 4.74 Å². The molecule has 0 spiro atoms. The Morgan fingerprint density at radius 2 is 1.85 bits per heavy atom. The number of nitrogens with zero attached hydrogens (tertiary/aromatic N) is 2. The zero-order chi connectivity index (χ0) is 18.8. The molecule has 1 aromatic carbocycles. The lowest BCUT2D eigenvalue weighted by atomic mass is 10.1. The quantitative estimate of drug-likeness (QED) is 0.618. The van der Waals surface area contributed by atoms with E-state index in [1.54, 1.807) is 0 Å². The van der Waals surface area contributed by atoms with Crippen molar-refractivity contribution in [1.29, 1.82) is 0 Å². The van der Waals surface area contributed by atoms with Crippen LogP contribution in [-0.2, 0) is 4.74 Å². The first-order valence-electron chi connectivity index (χ1n) is 8.67. The zero-order valence-corrected chi connectivity index (χ0v) is 17.0. The van der Waals surface area contributed by atoms with Crippen LogP contribution in [0.5, 0.6) is 0 Å². The Balaban J connectivity index is 0.00000261. The van der Waals surface area contributed by atoms with Crippen LogP contribution in [0.4, 0.5) is 11.4 Å². The number of halogens is 1. The van der Waals surface area contributed by atoms with Gasteiger partial charge < -0.3 is 10.1 Å². The molecular weight excluding hydrogens is 362 g/mol. The van der Waals surface area contributed by atoms with Crippen LogP contribution in [0.2, 0.25) is 0 Å². The lowest BCUT2D eigenvalue weighted by molar-refractivity contribution is 0.0379. The van der Waals surface area contributed by atoms with Crippen molar-refractivity contribution >= 4 is 40.8 Å². The molecule has 0 aliphatic carbocycles. The van der Waals surface area contributed by atoms with Gasteiger partial charge in [-0.05, 0) is 63.9 Å². The van der Waals surface area contributed by atoms with Gasteiger partial charge in [0.15, 0.2) is 5.65 Å². The number of esters is 1. The van der Waals surface area contributed by atoms with E-state index < -0.39 is 5.97 Å². The van der Waals surface area contributed by atoms with E-state index >= 15 is 0 Å². The van der Waals surface area contributed by atoms with Gasteiger partial charge in [0, 0.05) is 23.0 Å². The lowest BCUT2D eigenvalue weighted by Gasteiger charge is -2.17. The first-order chi connectivity index (χ1) is 12.3. The number of fused-ring (bicyclic) bond motifs is 1. The van der Waals surface area contributed by atoms with E-state index in [2.05, 4.69) is 33.5 Å². The van der Waals surface area contributed by atoms with E-state index in [1.165, 1.54) is 6.20 Å². The van der Waals surface area contributed by atoms with Gasteiger partial charge in [0.05, 0.1) is 11.8 Å². The van der Waals surface area contributed by atoms with Crippen LogP contribution in [0.25, 0.3) is 11.0 Å². The van der Waals surface area contributed by atoms with Crippen molar-refractivity contribution in [2.45, 2.75) is 40.7 Å². The minimum Gasteiger partial charge on any atom is -0.459 e. The highest BCUT2D eigenvalue weighted by atomic mass is 35.5. The number of aromatic nitrogens is 2. The standard InChI is InChI=1S/C21H23N3O2.ClH/c1-12(2)26-21(25)17-11-22-20-16(9-8-15(5)23-20)19(17)24-18-10-13(3)6-7-14(18)4;/h6-12H,1-5H3,(H,22,23,24);1H. The van der Waals surface area contributed by atoms with Crippen molar-refractivity contribution in [2.24, 2.45) is 0 Å². The minimum atomic E-state index is -0.400. The Hall–Kier alpha value is -2.66. The number of nitrogens with one attached hydrogen (secondary N) is 1. The summed E-state index contributed by atoms with van der Waals surface area (Å²) < 4.78 is 5.40. The third kappa shape index (κ3) is 4.55. The minimum absolute atomic E-state index is 0. The fraction of sp³-hybridized carbons (Fsp3) is 0.286. The monoisotopic (exact) mass is 385 g/mol. The van der Waals surface area contributed by atoms with Crippen LogP contribution in [0.3, 0.4) is 0 Å². The fourth-order valence-corrected chi connectivity index (χ4v) is 2.74. The average molecular weight is 386 g/mol. The average Bonchev–Trinajstić information content (AvgIpc) is 2.57. The van der Waals surface area contributed by atoms with Crippen molar-refractivity contribution in [3.8, 4) is 0 Å². The number of anilines is 2. The molecule has 142 valence electrons. The predicted molar refractivity (Wildman–Crippen MR) is 111 cm³/mol. The molecule has 1 N–H and O–H groups in total. The van der Waals surface area contributed by atoms with Crippen LogP contribution < -0.4 is 5.32 Å². The summed E-state index contributed by atoms with van der Waals surface area (Å²) in [7, 11) is 0. The molecule has 0 radical (unpaired) electrons. The number of ether oxygens (including phenoxy) is 1. The summed E-state index contributed by atoms with van der Waals surface area (Å²) in [4.78, 5) is 21.4. The van der Waals surface area contributed by atoms with E-state index in [1.807, 2.05) is 46.8 Å². The second-order valence-corrected chi connectivity index (χ2v) is 6.77. The Morgan fingerprint density at radius 3 is 2.56 bits per heavy atom. The SMILES string of the molecule is Cc1ccc(C)c(Nc2c(C(=O)OC(C)C)cnc3nc(C)ccc23)c1.Cl. The molecule has 3 rings (SSSR count). The fourth-order valence-electron chi connectivity index (χ4n) is 2.74. The summed E-state index contributed by atoms with van der Waals surface area (Å²) in [6.07, 6.45) is 1.33. The Labute approximate surface area is 165 Å². The van der Waals surface area contributed by atoms with Crippen molar-refractivity contribution in [2.75, 3.05) is 5.32 Å². The summed E-state index contributed by atoms with van der Waals surface area (Å²) in [6.45, 7) is 9.64. The van der Waals surface area contributed by atoms with Crippen LogP contribution in [0, 0.1) is 20.8 Å². The number of carbonyl (C=O) groups is 1. The highest BCUT2D eigenvalue weighted by molar-refractivity contribution is 6.05. The normalized spacial score (nSPS) is 10.6. The predicted octanol–water partition coefficient (Wildman–Crippen LogP) is 5.29. The summed E-state index contributed by atoms with van der Waals surface area (Å²) in [5.74, 6) is -0.400. The van der Waals surface area contributed by atoms with Crippen LogP contribution in [0.15, 0.2) is 36.5 Å². The smallest absolute Gasteiger partial charge is 0.342 e. The summed E-state index contributed by atoms with van der Waals surface area (Å²) >= 11 is 0. The van der Waals surface area contributed by atoms with Crippen molar-refractivity contribution in [3.63, 3.8) is 0 Å². The third-order valence-corrected chi connectivity index (χ3v) is 4.08. The number of hydrogen-bond acceptors (Lipinski definition) is 5. The molecule has 0 atom stereocenters. The molecule has 0 aliphatic rings. The van der Waals surface area contributed by atoms with Gasteiger partial charge >= 0.3 is 5.97 Å². The highest BCUT2D eigenvalue weighted by Gasteiger charge is 2.19. The second-order valence-electron chi connectivity index (χ2n) is 6.77. The molecular formula is C21H24ClN3O2. The van der Waals surface area contributed by atoms with E-state index in [9.17, 15) is 4.79 Å². The van der Waals surface area contributed by atoms with Crippen molar-refractivity contribution < 1.29 is 9.53 Å². The molecule has 6 heteroatoms. The Bertz CT molecular complexity index is 987. The van der Waals surface area contributed by atoms with Crippen molar-refractivity contribution in [1.82, 2.24) is 9.97 Å². The van der Waals surface area contributed by atoms with Gasteiger partial charge in [-0.2, -0.15) is 0 Å². The molecule has 27 heavy (non-hydrogen) atoms. The molecule has 0 unspecified atom stereocenters. The van der Waals surface area contributed by atoms with Crippen molar-refractivity contribution in [3.05, 3.63) is 58.9 Å². The maximum absolute atomic E-state index is 12.6.